The Morgan fingerprint density at radius 2 is 1.86 bits per heavy atom. The van der Waals surface area contributed by atoms with E-state index in [0.29, 0.717) is 17.9 Å². The maximum absolute atomic E-state index is 13.6. The molecule has 3 aromatic rings. The zero-order valence-electron chi connectivity index (χ0n) is 18.7. The number of halogens is 3. The van der Waals surface area contributed by atoms with Gasteiger partial charge in [0.1, 0.15) is 6.10 Å². The lowest BCUT2D eigenvalue weighted by Crippen LogP contribution is -2.46. The van der Waals surface area contributed by atoms with E-state index in [-0.39, 0.29) is 55.4 Å². The van der Waals surface area contributed by atoms with Gasteiger partial charge in [0.15, 0.2) is 17.5 Å². The van der Waals surface area contributed by atoms with E-state index in [9.17, 15) is 22.8 Å². The second-order valence-corrected chi connectivity index (χ2v) is 8.56. The molecular formula is C23H21F3N6O3. The van der Waals surface area contributed by atoms with Gasteiger partial charge in [-0.2, -0.15) is 5.10 Å². The largest absolute Gasteiger partial charge is 0.458 e. The lowest BCUT2D eigenvalue weighted by atomic mass is 10.1. The molecule has 2 aliphatic heterocycles. The number of carbonyl (C=O) groups is 2. The Bertz CT molecular complexity index is 1260. The molecule has 2 amide bonds. The van der Waals surface area contributed by atoms with E-state index in [2.05, 4.69) is 15.1 Å². The number of hydrogen-bond donors (Lipinski definition) is 0. The summed E-state index contributed by atoms with van der Waals surface area (Å²) < 4.78 is 47.9. The molecule has 1 aromatic carbocycles. The molecule has 182 valence electrons. The predicted octanol–water partition coefficient (Wildman–Crippen LogP) is 2.25. The molecule has 2 atom stereocenters. The van der Waals surface area contributed by atoms with Crippen LogP contribution in [0.1, 0.15) is 24.6 Å². The number of rotatable bonds is 5. The lowest BCUT2D eigenvalue weighted by molar-refractivity contribution is -0.134. The van der Waals surface area contributed by atoms with Gasteiger partial charge in [0.25, 0.3) is 0 Å². The van der Waals surface area contributed by atoms with Gasteiger partial charge in [0.05, 0.1) is 50.1 Å². The number of fused-ring (bicyclic) bond motifs is 1. The summed E-state index contributed by atoms with van der Waals surface area (Å²) in [6.07, 6.45) is 4.09. The summed E-state index contributed by atoms with van der Waals surface area (Å²) >= 11 is 0. The van der Waals surface area contributed by atoms with Crippen LogP contribution >= 0.6 is 0 Å². The summed E-state index contributed by atoms with van der Waals surface area (Å²) in [5.74, 6) is -4.79. The highest BCUT2D eigenvalue weighted by Gasteiger charge is 2.37. The Balaban J connectivity index is 1.32. The fraction of sp³-hybridized carbons (Fsp3) is 0.348. The van der Waals surface area contributed by atoms with Crippen LogP contribution in [-0.2, 0) is 29.1 Å². The number of carbonyl (C=O) groups excluding carboxylic acids is 2. The van der Waals surface area contributed by atoms with Crippen molar-refractivity contribution in [2.75, 3.05) is 11.4 Å². The van der Waals surface area contributed by atoms with Gasteiger partial charge in [0, 0.05) is 18.4 Å². The first-order chi connectivity index (χ1) is 16.8. The van der Waals surface area contributed by atoms with Gasteiger partial charge < -0.3 is 14.5 Å². The van der Waals surface area contributed by atoms with Crippen molar-refractivity contribution in [3.8, 4) is 6.01 Å². The highest BCUT2D eigenvalue weighted by Crippen LogP contribution is 2.31. The molecule has 0 spiro atoms. The van der Waals surface area contributed by atoms with Crippen LogP contribution in [0.4, 0.5) is 18.9 Å². The zero-order valence-corrected chi connectivity index (χ0v) is 18.7. The SMILES string of the molecule is C[C@H]1Cn2ncc(N3C[C@@H](Oc4ncccn4)CC3=O)c2CN1C(=O)Cc1cc(F)c(F)c(F)c1. The van der Waals surface area contributed by atoms with Crippen molar-refractivity contribution in [3.05, 3.63) is 65.5 Å². The number of aromatic nitrogens is 4. The summed E-state index contributed by atoms with van der Waals surface area (Å²) in [5, 5.41) is 4.38. The van der Waals surface area contributed by atoms with Crippen LogP contribution in [0.2, 0.25) is 0 Å². The average Bonchev–Trinajstić information content (AvgIpc) is 3.39. The first kappa shape index (κ1) is 22.8. The van der Waals surface area contributed by atoms with Crippen molar-refractivity contribution in [2.45, 2.75) is 45.0 Å². The zero-order chi connectivity index (χ0) is 24.7. The lowest BCUT2D eigenvalue weighted by Gasteiger charge is -2.35. The van der Waals surface area contributed by atoms with Crippen LogP contribution in [0.3, 0.4) is 0 Å². The molecule has 2 aromatic heterocycles. The van der Waals surface area contributed by atoms with Crippen molar-refractivity contribution in [1.82, 2.24) is 24.6 Å². The smallest absolute Gasteiger partial charge is 0.316 e. The second-order valence-electron chi connectivity index (χ2n) is 8.56. The summed E-state index contributed by atoms with van der Waals surface area (Å²) in [4.78, 5) is 36.9. The van der Waals surface area contributed by atoms with E-state index >= 15 is 0 Å². The van der Waals surface area contributed by atoms with Crippen LogP contribution in [0.15, 0.2) is 36.8 Å². The minimum atomic E-state index is -1.57. The molecule has 1 saturated heterocycles. The van der Waals surface area contributed by atoms with Crippen molar-refractivity contribution >= 4 is 17.5 Å². The fourth-order valence-corrected chi connectivity index (χ4v) is 4.41. The number of ether oxygens (including phenoxy) is 1. The van der Waals surface area contributed by atoms with Gasteiger partial charge in [0.2, 0.25) is 11.8 Å². The van der Waals surface area contributed by atoms with E-state index in [1.54, 1.807) is 39.1 Å². The van der Waals surface area contributed by atoms with Crippen molar-refractivity contribution < 1.29 is 27.5 Å². The summed E-state index contributed by atoms with van der Waals surface area (Å²) in [7, 11) is 0. The molecule has 4 heterocycles. The van der Waals surface area contributed by atoms with Crippen molar-refractivity contribution in [3.63, 3.8) is 0 Å². The number of amides is 2. The van der Waals surface area contributed by atoms with Crippen LogP contribution < -0.4 is 9.64 Å². The first-order valence-corrected chi connectivity index (χ1v) is 11.0. The first-order valence-electron chi connectivity index (χ1n) is 11.0. The highest BCUT2D eigenvalue weighted by atomic mass is 19.2. The van der Waals surface area contributed by atoms with Gasteiger partial charge in [-0.25, -0.2) is 23.1 Å². The number of benzene rings is 1. The molecule has 0 aliphatic carbocycles. The molecule has 9 nitrogen and oxygen atoms in total. The van der Waals surface area contributed by atoms with Crippen LogP contribution in [0.5, 0.6) is 6.01 Å². The third-order valence-corrected chi connectivity index (χ3v) is 6.13. The number of anilines is 1. The molecule has 0 unspecified atom stereocenters. The summed E-state index contributed by atoms with van der Waals surface area (Å²) in [5.41, 5.74) is 1.27. The van der Waals surface area contributed by atoms with Gasteiger partial charge in [-0.1, -0.05) is 0 Å². The average molecular weight is 486 g/mol. The summed E-state index contributed by atoms with van der Waals surface area (Å²) in [6, 6.07) is 3.23. The summed E-state index contributed by atoms with van der Waals surface area (Å²) in [6.45, 7) is 2.64. The topological polar surface area (TPSA) is 93.5 Å². The molecule has 1 fully saturated rings. The molecule has 5 rings (SSSR count). The third kappa shape index (κ3) is 4.43. The number of hydrogen-bond acceptors (Lipinski definition) is 6. The normalized spacial score (nSPS) is 19.7. The quantitative estimate of drug-likeness (QED) is 0.514. The van der Waals surface area contributed by atoms with E-state index < -0.39 is 23.6 Å². The maximum atomic E-state index is 13.6. The van der Waals surface area contributed by atoms with Gasteiger partial charge in [-0.05, 0) is 30.7 Å². The van der Waals surface area contributed by atoms with Gasteiger partial charge in [-0.3, -0.25) is 14.3 Å². The molecule has 0 saturated carbocycles. The van der Waals surface area contributed by atoms with Crippen LogP contribution in [0.25, 0.3) is 0 Å². The Morgan fingerprint density at radius 1 is 1.14 bits per heavy atom. The fourth-order valence-electron chi connectivity index (χ4n) is 4.41. The maximum Gasteiger partial charge on any atom is 0.316 e. The molecule has 35 heavy (non-hydrogen) atoms. The highest BCUT2D eigenvalue weighted by molar-refractivity contribution is 5.96. The number of nitrogens with zero attached hydrogens (tertiary/aromatic N) is 6. The molecule has 0 bridgehead atoms. The minimum absolute atomic E-state index is 0.0377. The molecule has 12 heteroatoms. The van der Waals surface area contributed by atoms with Gasteiger partial charge >= 0.3 is 6.01 Å². The van der Waals surface area contributed by atoms with Gasteiger partial charge in [-0.15, -0.1) is 0 Å². The molecular weight excluding hydrogens is 465 g/mol. The minimum Gasteiger partial charge on any atom is -0.458 e. The Hall–Kier alpha value is -3.96. The predicted molar refractivity (Wildman–Crippen MR) is 116 cm³/mol. The monoisotopic (exact) mass is 486 g/mol. The Morgan fingerprint density at radius 3 is 2.57 bits per heavy atom. The molecule has 0 N–H and O–H groups in total. The van der Waals surface area contributed by atoms with Crippen LogP contribution in [0, 0.1) is 17.5 Å². The third-order valence-electron chi connectivity index (χ3n) is 6.13. The van der Waals surface area contributed by atoms with E-state index in [0.717, 1.165) is 12.1 Å². The standard InChI is InChI=1S/C23H21F3N6O3/c1-13-10-32-19(12-30(13)20(33)7-14-5-16(24)22(26)17(25)6-14)18(9-29-32)31-11-15(8-21(31)34)35-23-27-3-2-4-28-23/h2-6,9,13,15H,7-8,10-12H2,1H3/t13-,15-/m0/s1. The Labute approximate surface area is 198 Å². The van der Waals surface area contributed by atoms with E-state index in [1.165, 1.54) is 0 Å². The van der Waals surface area contributed by atoms with E-state index in [1.807, 2.05) is 6.92 Å². The van der Waals surface area contributed by atoms with Crippen LogP contribution in [-0.4, -0.2) is 55.2 Å². The Kier molecular flexibility index (Phi) is 5.87. The second kappa shape index (κ2) is 9.01. The van der Waals surface area contributed by atoms with E-state index in [4.69, 9.17) is 4.74 Å². The molecule has 2 aliphatic rings. The molecule has 0 radical (unpaired) electrons. The van der Waals surface area contributed by atoms with Crippen molar-refractivity contribution in [2.24, 2.45) is 0 Å². The van der Waals surface area contributed by atoms with Crippen molar-refractivity contribution in [1.29, 1.82) is 0 Å².